The van der Waals surface area contributed by atoms with Crippen LogP contribution in [0.2, 0.25) is 0 Å². The first-order valence-corrected chi connectivity index (χ1v) is 7.19. The van der Waals surface area contributed by atoms with Crippen LogP contribution in [-0.2, 0) is 0 Å². The second kappa shape index (κ2) is 7.07. The fourth-order valence-corrected chi connectivity index (χ4v) is 2.05. The van der Waals surface area contributed by atoms with Crippen LogP contribution in [-0.4, -0.2) is 31.0 Å². The summed E-state index contributed by atoms with van der Waals surface area (Å²) in [6, 6.07) is 11.9. The van der Waals surface area contributed by atoms with Crippen LogP contribution < -0.4 is 4.74 Å². The monoisotopic (exact) mass is 301 g/mol. The van der Waals surface area contributed by atoms with Gasteiger partial charge in [-0.15, -0.1) is 0 Å². The van der Waals surface area contributed by atoms with Gasteiger partial charge in [0.05, 0.1) is 6.54 Å². The Bertz CT molecular complexity index is 670. The number of halogens is 1. The molecule has 2 aromatic carbocycles. The van der Waals surface area contributed by atoms with Crippen molar-refractivity contribution in [2.75, 3.05) is 20.2 Å². The first kappa shape index (κ1) is 16.0. The van der Waals surface area contributed by atoms with Crippen molar-refractivity contribution >= 4 is 5.91 Å². The van der Waals surface area contributed by atoms with E-state index in [4.69, 9.17) is 4.74 Å². The summed E-state index contributed by atoms with van der Waals surface area (Å²) in [5.41, 5.74) is 2.89. The van der Waals surface area contributed by atoms with Crippen LogP contribution in [0.5, 0.6) is 5.75 Å². The molecule has 2 aromatic rings. The van der Waals surface area contributed by atoms with Gasteiger partial charge < -0.3 is 9.64 Å². The Morgan fingerprint density at radius 2 is 1.86 bits per heavy atom. The molecule has 22 heavy (non-hydrogen) atoms. The maximum absolute atomic E-state index is 13.4. The highest BCUT2D eigenvalue weighted by Gasteiger charge is 2.12. The Labute approximate surface area is 130 Å². The molecule has 0 heterocycles. The van der Waals surface area contributed by atoms with Crippen LogP contribution >= 0.6 is 0 Å². The maximum Gasteiger partial charge on any atom is 0.253 e. The summed E-state index contributed by atoms with van der Waals surface area (Å²) in [7, 11) is 1.71. The van der Waals surface area contributed by atoms with Gasteiger partial charge in [0, 0.05) is 12.6 Å². The third kappa shape index (κ3) is 3.85. The van der Waals surface area contributed by atoms with Crippen molar-refractivity contribution in [3.05, 3.63) is 65.0 Å². The third-order valence-corrected chi connectivity index (χ3v) is 3.62. The fraction of sp³-hybridized carbons (Fsp3) is 0.278. The van der Waals surface area contributed by atoms with Crippen LogP contribution in [0, 0.1) is 19.7 Å². The smallest absolute Gasteiger partial charge is 0.253 e. The summed E-state index contributed by atoms with van der Waals surface area (Å²) in [6.45, 7) is 4.62. The molecule has 0 atom stereocenters. The normalized spacial score (nSPS) is 10.4. The second-order valence-corrected chi connectivity index (χ2v) is 5.30. The predicted octanol–water partition coefficient (Wildman–Crippen LogP) is 3.59. The zero-order valence-electron chi connectivity index (χ0n) is 13.1. The van der Waals surface area contributed by atoms with Crippen molar-refractivity contribution in [3.63, 3.8) is 0 Å². The molecular weight excluding hydrogens is 281 g/mol. The number of para-hydroxylation sites is 1. The summed E-state index contributed by atoms with van der Waals surface area (Å²) >= 11 is 0. The highest BCUT2D eigenvalue weighted by Crippen LogP contribution is 2.15. The summed E-state index contributed by atoms with van der Waals surface area (Å²) in [6.07, 6.45) is 0. The van der Waals surface area contributed by atoms with E-state index < -0.39 is 5.82 Å². The van der Waals surface area contributed by atoms with Crippen LogP contribution in [0.4, 0.5) is 4.39 Å². The van der Waals surface area contributed by atoms with Gasteiger partial charge in [-0.05, 0) is 49.2 Å². The van der Waals surface area contributed by atoms with E-state index in [0.717, 1.165) is 11.1 Å². The molecule has 0 aliphatic carbocycles. The predicted molar refractivity (Wildman–Crippen MR) is 84.8 cm³/mol. The first-order valence-electron chi connectivity index (χ1n) is 7.19. The fourth-order valence-electron chi connectivity index (χ4n) is 2.05. The zero-order valence-corrected chi connectivity index (χ0v) is 13.1. The molecule has 1 amide bonds. The van der Waals surface area contributed by atoms with E-state index in [1.807, 2.05) is 32.0 Å². The molecule has 0 spiro atoms. The second-order valence-electron chi connectivity index (χ2n) is 5.30. The summed E-state index contributed by atoms with van der Waals surface area (Å²) < 4.78 is 18.8. The van der Waals surface area contributed by atoms with Crippen LogP contribution in [0.25, 0.3) is 0 Å². The van der Waals surface area contributed by atoms with E-state index in [1.165, 1.54) is 6.07 Å². The van der Waals surface area contributed by atoms with E-state index in [2.05, 4.69) is 0 Å². The van der Waals surface area contributed by atoms with E-state index >= 15 is 0 Å². The number of hydrogen-bond acceptors (Lipinski definition) is 2. The lowest BCUT2D eigenvalue weighted by atomic mass is 10.1. The number of rotatable bonds is 5. The number of amides is 1. The lowest BCUT2D eigenvalue weighted by Crippen LogP contribution is -2.31. The van der Waals surface area contributed by atoms with Gasteiger partial charge in [0.2, 0.25) is 0 Å². The molecule has 0 aliphatic rings. The number of benzene rings is 2. The highest BCUT2D eigenvalue weighted by atomic mass is 19.1. The largest absolute Gasteiger partial charge is 0.489 e. The minimum atomic E-state index is -0.398. The quantitative estimate of drug-likeness (QED) is 0.844. The van der Waals surface area contributed by atoms with Crippen molar-refractivity contribution in [2.24, 2.45) is 0 Å². The Hall–Kier alpha value is -2.36. The number of carbonyl (C=O) groups is 1. The standard InChI is InChI=1S/C18H20FNO2/c1-13-8-9-15(12-14(13)2)18(21)20(3)10-11-22-17-7-5-4-6-16(17)19/h4-9,12H,10-11H2,1-3H3. The van der Waals surface area contributed by atoms with Gasteiger partial charge in [-0.2, -0.15) is 0 Å². The van der Waals surface area contributed by atoms with Gasteiger partial charge >= 0.3 is 0 Å². The highest BCUT2D eigenvalue weighted by molar-refractivity contribution is 5.94. The molecule has 0 saturated carbocycles. The lowest BCUT2D eigenvalue weighted by Gasteiger charge is -2.18. The average molecular weight is 301 g/mol. The molecular formula is C18H20FNO2. The van der Waals surface area contributed by atoms with E-state index in [0.29, 0.717) is 12.1 Å². The summed E-state index contributed by atoms with van der Waals surface area (Å²) in [5.74, 6) is -0.264. The molecule has 4 heteroatoms. The summed E-state index contributed by atoms with van der Waals surface area (Å²) in [5, 5.41) is 0. The van der Waals surface area contributed by atoms with Crippen molar-refractivity contribution in [2.45, 2.75) is 13.8 Å². The number of carbonyl (C=O) groups excluding carboxylic acids is 1. The number of nitrogens with zero attached hydrogens (tertiary/aromatic N) is 1. The number of likely N-dealkylation sites (N-methyl/N-ethyl adjacent to an activating group) is 1. The Kier molecular flexibility index (Phi) is 5.15. The minimum absolute atomic E-state index is 0.0692. The van der Waals surface area contributed by atoms with E-state index in [9.17, 15) is 9.18 Å². The number of aryl methyl sites for hydroxylation is 2. The van der Waals surface area contributed by atoms with Gasteiger partial charge in [0.15, 0.2) is 11.6 Å². The molecule has 0 saturated heterocycles. The molecule has 0 fully saturated rings. The molecule has 0 unspecified atom stereocenters. The van der Waals surface area contributed by atoms with Crippen LogP contribution in [0.3, 0.4) is 0 Å². The number of hydrogen-bond donors (Lipinski definition) is 0. The molecule has 3 nitrogen and oxygen atoms in total. The molecule has 0 aliphatic heterocycles. The van der Waals surface area contributed by atoms with Crippen molar-refractivity contribution in [1.82, 2.24) is 4.90 Å². The van der Waals surface area contributed by atoms with Crippen molar-refractivity contribution in [3.8, 4) is 5.75 Å². The average Bonchev–Trinajstić information content (AvgIpc) is 2.51. The molecule has 116 valence electrons. The topological polar surface area (TPSA) is 29.5 Å². The van der Waals surface area contributed by atoms with Gasteiger partial charge in [-0.25, -0.2) is 4.39 Å². The van der Waals surface area contributed by atoms with Gasteiger partial charge in [0.1, 0.15) is 6.61 Å². The zero-order chi connectivity index (χ0) is 16.1. The van der Waals surface area contributed by atoms with Crippen LogP contribution in [0.1, 0.15) is 21.5 Å². The Balaban J connectivity index is 1.91. The first-order chi connectivity index (χ1) is 10.5. The molecule has 0 aromatic heterocycles. The van der Waals surface area contributed by atoms with Crippen molar-refractivity contribution in [1.29, 1.82) is 0 Å². The molecule has 0 radical (unpaired) electrons. The lowest BCUT2D eigenvalue weighted by molar-refractivity contribution is 0.0773. The number of ether oxygens (including phenoxy) is 1. The summed E-state index contributed by atoms with van der Waals surface area (Å²) in [4.78, 5) is 13.9. The molecule has 0 bridgehead atoms. The van der Waals surface area contributed by atoms with E-state index in [-0.39, 0.29) is 18.3 Å². The minimum Gasteiger partial charge on any atom is -0.489 e. The maximum atomic E-state index is 13.4. The van der Waals surface area contributed by atoms with Gasteiger partial charge in [0.25, 0.3) is 5.91 Å². The third-order valence-electron chi connectivity index (χ3n) is 3.62. The van der Waals surface area contributed by atoms with Crippen molar-refractivity contribution < 1.29 is 13.9 Å². The SMILES string of the molecule is Cc1ccc(C(=O)N(C)CCOc2ccccc2F)cc1C. The Morgan fingerprint density at radius 1 is 1.14 bits per heavy atom. The Morgan fingerprint density at radius 3 is 2.55 bits per heavy atom. The van der Waals surface area contributed by atoms with Gasteiger partial charge in [-0.1, -0.05) is 18.2 Å². The molecule has 2 rings (SSSR count). The molecule has 0 N–H and O–H groups in total. The van der Waals surface area contributed by atoms with E-state index in [1.54, 1.807) is 30.1 Å². The van der Waals surface area contributed by atoms with Crippen LogP contribution in [0.15, 0.2) is 42.5 Å². The van der Waals surface area contributed by atoms with Gasteiger partial charge in [-0.3, -0.25) is 4.79 Å².